The van der Waals surface area contributed by atoms with Gasteiger partial charge in [0.1, 0.15) is 5.82 Å². The van der Waals surface area contributed by atoms with Crippen molar-refractivity contribution in [2.24, 2.45) is 5.92 Å². The molecule has 0 unspecified atom stereocenters. The van der Waals surface area contributed by atoms with Crippen molar-refractivity contribution in [1.82, 2.24) is 25.0 Å². The van der Waals surface area contributed by atoms with Crippen molar-refractivity contribution in [3.63, 3.8) is 0 Å². The molecule has 104 valence electrons. The highest BCUT2D eigenvalue weighted by molar-refractivity contribution is 5.90. The van der Waals surface area contributed by atoms with E-state index in [1.165, 1.54) is 0 Å². The maximum atomic E-state index is 12.1. The average Bonchev–Trinajstić information content (AvgIpc) is 2.84. The molecule has 0 saturated carbocycles. The van der Waals surface area contributed by atoms with E-state index < -0.39 is 0 Å². The molecule has 0 aromatic carbocycles. The highest BCUT2D eigenvalue weighted by Crippen LogP contribution is 2.19. The largest absolute Gasteiger partial charge is 0.349 e. The molecule has 1 aliphatic rings. The summed E-state index contributed by atoms with van der Waals surface area (Å²) in [6, 6.07) is 0. The van der Waals surface area contributed by atoms with Crippen LogP contribution in [-0.2, 0) is 4.79 Å². The monoisotopic (exact) mass is 265 g/mol. The fourth-order valence-electron chi connectivity index (χ4n) is 2.27. The highest BCUT2D eigenvalue weighted by Gasteiger charge is 2.29. The van der Waals surface area contributed by atoms with Gasteiger partial charge in [-0.05, 0) is 19.8 Å². The minimum atomic E-state index is -0.167. The van der Waals surface area contributed by atoms with Gasteiger partial charge in [-0.15, -0.1) is 5.10 Å². The minimum absolute atomic E-state index is 0.0212. The molecule has 0 aliphatic carbocycles. The fourth-order valence-corrected chi connectivity index (χ4v) is 2.27. The van der Waals surface area contributed by atoms with E-state index in [0.29, 0.717) is 31.8 Å². The zero-order valence-corrected chi connectivity index (χ0v) is 11.5. The molecule has 1 aromatic heterocycles. The zero-order chi connectivity index (χ0) is 14.0. The number of aromatic amines is 1. The third-order valence-electron chi connectivity index (χ3n) is 3.36. The molecule has 1 aliphatic heterocycles. The first kappa shape index (κ1) is 13.5. The molecule has 7 nitrogen and oxygen atoms in total. The Morgan fingerprint density at radius 1 is 1.32 bits per heavy atom. The van der Waals surface area contributed by atoms with Crippen LogP contribution in [0.3, 0.4) is 0 Å². The maximum Gasteiger partial charge on any atom is 0.293 e. The van der Waals surface area contributed by atoms with E-state index in [4.69, 9.17) is 0 Å². The lowest BCUT2D eigenvalue weighted by molar-refractivity contribution is -0.134. The standard InChI is InChI=1S/C12H19N5O2/c1-8-13-10(15-14-8)12(19)17-6-4-9(5-7-17)11(18)16(2)3/h9H,4-7H2,1-3H3,(H,13,14,15). The summed E-state index contributed by atoms with van der Waals surface area (Å²) in [4.78, 5) is 31.3. The van der Waals surface area contributed by atoms with Gasteiger partial charge in [0.05, 0.1) is 0 Å². The van der Waals surface area contributed by atoms with Crippen molar-refractivity contribution >= 4 is 11.8 Å². The Balaban J connectivity index is 1.93. The fraction of sp³-hybridized carbons (Fsp3) is 0.667. The number of aromatic nitrogens is 3. The Labute approximate surface area is 112 Å². The molecule has 2 rings (SSSR count). The van der Waals surface area contributed by atoms with Crippen LogP contribution in [0.2, 0.25) is 0 Å². The number of rotatable bonds is 2. The van der Waals surface area contributed by atoms with Crippen molar-refractivity contribution in [2.45, 2.75) is 19.8 Å². The molecule has 0 spiro atoms. The topological polar surface area (TPSA) is 82.2 Å². The lowest BCUT2D eigenvalue weighted by Crippen LogP contribution is -2.43. The van der Waals surface area contributed by atoms with Crippen LogP contribution in [-0.4, -0.2) is 64.0 Å². The maximum absolute atomic E-state index is 12.1. The van der Waals surface area contributed by atoms with Gasteiger partial charge in [-0.25, -0.2) is 4.98 Å². The molecular weight excluding hydrogens is 246 g/mol. The van der Waals surface area contributed by atoms with E-state index >= 15 is 0 Å². The van der Waals surface area contributed by atoms with Crippen LogP contribution in [0.5, 0.6) is 0 Å². The first-order valence-corrected chi connectivity index (χ1v) is 6.38. The van der Waals surface area contributed by atoms with Crippen LogP contribution in [0.15, 0.2) is 0 Å². The third-order valence-corrected chi connectivity index (χ3v) is 3.36. The van der Waals surface area contributed by atoms with Gasteiger partial charge in [0, 0.05) is 33.1 Å². The van der Waals surface area contributed by atoms with E-state index in [1.54, 1.807) is 30.8 Å². The number of hydrogen-bond acceptors (Lipinski definition) is 4. The van der Waals surface area contributed by atoms with Crippen LogP contribution in [0.4, 0.5) is 0 Å². The number of aryl methyl sites for hydroxylation is 1. The summed E-state index contributed by atoms with van der Waals surface area (Å²) in [5.74, 6) is 0.824. The third kappa shape index (κ3) is 2.91. The summed E-state index contributed by atoms with van der Waals surface area (Å²) >= 11 is 0. The van der Waals surface area contributed by atoms with E-state index in [1.807, 2.05) is 0 Å². The van der Waals surface area contributed by atoms with Gasteiger partial charge in [0.15, 0.2) is 0 Å². The minimum Gasteiger partial charge on any atom is -0.349 e. The van der Waals surface area contributed by atoms with Gasteiger partial charge < -0.3 is 9.80 Å². The molecule has 0 radical (unpaired) electrons. The summed E-state index contributed by atoms with van der Waals surface area (Å²) in [6.07, 6.45) is 1.40. The number of nitrogens with one attached hydrogen (secondary N) is 1. The summed E-state index contributed by atoms with van der Waals surface area (Å²) < 4.78 is 0. The Bertz CT molecular complexity index is 474. The molecule has 0 bridgehead atoms. The first-order chi connectivity index (χ1) is 8.99. The van der Waals surface area contributed by atoms with Crippen LogP contribution < -0.4 is 0 Å². The molecule has 0 atom stereocenters. The summed E-state index contributed by atoms with van der Waals surface area (Å²) in [5.41, 5.74) is 0. The number of carbonyl (C=O) groups excluding carboxylic acids is 2. The quantitative estimate of drug-likeness (QED) is 0.819. The lowest BCUT2D eigenvalue weighted by atomic mass is 9.95. The second-order valence-corrected chi connectivity index (χ2v) is 5.04. The molecular formula is C12H19N5O2. The van der Waals surface area contributed by atoms with Gasteiger partial charge in [-0.1, -0.05) is 0 Å². The SMILES string of the molecule is Cc1nc(C(=O)N2CCC(C(=O)N(C)C)CC2)n[nH]1. The van der Waals surface area contributed by atoms with Gasteiger partial charge in [-0.3, -0.25) is 14.7 Å². The van der Waals surface area contributed by atoms with Crippen LogP contribution >= 0.6 is 0 Å². The van der Waals surface area contributed by atoms with Gasteiger partial charge in [0.2, 0.25) is 11.7 Å². The normalized spacial score (nSPS) is 16.5. The Hall–Kier alpha value is -1.92. The summed E-state index contributed by atoms with van der Waals surface area (Å²) in [5, 5.41) is 6.53. The van der Waals surface area contributed by atoms with Crippen LogP contribution in [0.25, 0.3) is 0 Å². The van der Waals surface area contributed by atoms with Gasteiger partial charge in [-0.2, -0.15) is 0 Å². The predicted octanol–water partition coefficient (Wildman–Crippen LogP) is 0.0535. The molecule has 1 N–H and O–H groups in total. The lowest BCUT2D eigenvalue weighted by Gasteiger charge is -2.31. The molecule has 2 amide bonds. The Morgan fingerprint density at radius 3 is 2.42 bits per heavy atom. The van der Waals surface area contributed by atoms with E-state index in [2.05, 4.69) is 15.2 Å². The Morgan fingerprint density at radius 2 is 1.95 bits per heavy atom. The predicted molar refractivity (Wildman–Crippen MR) is 68.4 cm³/mol. The van der Waals surface area contributed by atoms with E-state index in [0.717, 1.165) is 0 Å². The highest BCUT2D eigenvalue weighted by atomic mass is 16.2. The first-order valence-electron chi connectivity index (χ1n) is 6.38. The smallest absolute Gasteiger partial charge is 0.293 e. The van der Waals surface area contributed by atoms with Crippen molar-refractivity contribution in [3.05, 3.63) is 11.6 Å². The zero-order valence-electron chi connectivity index (χ0n) is 11.5. The molecule has 19 heavy (non-hydrogen) atoms. The molecule has 2 heterocycles. The number of hydrogen-bond donors (Lipinski definition) is 1. The van der Waals surface area contributed by atoms with E-state index in [9.17, 15) is 9.59 Å². The van der Waals surface area contributed by atoms with Crippen LogP contribution in [0.1, 0.15) is 29.3 Å². The van der Waals surface area contributed by atoms with E-state index in [-0.39, 0.29) is 23.6 Å². The number of H-pyrrole nitrogens is 1. The van der Waals surface area contributed by atoms with Gasteiger partial charge >= 0.3 is 0 Å². The Kier molecular flexibility index (Phi) is 3.82. The van der Waals surface area contributed by atoms with Crippen molar-refractivity contribution < 1.29 is 9.59 Å². The second kappa shape index (κ2) is 5.38. The van der Waals surface area contributed by atoms with Crippen molar-refractivity contribution in [2.75, 3.05) is 27.2 Å². The molecule has 1 aromatic rings. The van der Waals surface area contributed by atoms with Gasteiger partial charge in [0.25, 0.3) is 5.91 Å². The molecule has 1 saturated heterocycles. The summed E-state index contributed by atoms with van der Waals surface area (Å²) in [6.45, 7) is 2.92. The molecule has 7 heteroatoms. The van der Waals surface area contributed by atoms with Crippen molar-refractivity contribution in [1.29, 1.82) is 0 Å². The number of amides is 2. The summed E-state index contributed by atoms with van der Waals surface area (Å²) in [7, 11) is 3.52. The van der Waals surface area contributed by atoms with Crippen LogP contribution in [0, 0.1) is 12.8 Å². The second-order valence-electron chi connectivity index (χ2n) is 5.04. The number of carbonyl (C=O) groups is 2. The number of likely N-dealkylation sites (tertiary alicyclic amines) is 1. The number of nitrogens with zero attached hydrogens (tertiary/aromatic N) is 4. The number of piperidine rings is 1. The molecule has 1 fully saturated rings. The average molecular weight is 265 g/mol. The van der Waals surface area contributed by atoms with Crippen molar-refractivity contribution in [3.8, 4) is 0 Å².